The first-order chi connectivity index (χ1) is 13.4. The van der Waals surface area contributed by atoms with Crippen molar-refractivity contribution in [2.75, 3.05) is 36.4 Å². The average Bonchev–Trinajstić information content (AvgIpc) is 3.04. The number of carbonyl (C=O) groups excluding carboxylic acids is 1. The second kappa shape index (κ2) is 7.22. The third kappa shape index (κ3) is 3.29. The van der Waals surface area contributed by atoms with Crippen LogP contribution >= 0.6 is 0 Å². The molecule has 1 N–H and O–H groups in total. The largest absolute Gasteiger partial charge is 0.369 e. The lowest BCUT2D eigenvalue weighted by Crippen LogP contribution is -2.48. The first kappa shape index (κ1) is 19.0. The third-order valence-electron chi connectivity index (χ3n) is 5.56. The van der Waals surface area contributed by atoms with E-state index in [0.29, 0.717) is 26.2 Å². The van der Waals surface area contributed by atoms with E-state index in [-0.39, 0.29) is 22.6 Å². The monoisotopic (exact) mass is 399 g/mol. The van der Waals surface area contributed by atoms with Crippen LogP contribution in [-0.2, 0) is 14.8 Å². The molecule has 6 nitrogen and oxygen atoms in total. The van der Waals surface area contributed by atoms with Crippen molar-refractivity contribution in [3.05, 3.63) is 54.1 Å². The highest BCUT2D eigenvalue weighted by Crippen LogP contribution is 2.38. The number of anilines is 2. The molecule has 0 bridgehead atoms. The summed E-state index contributed by atoms with van der Waals surface area (Å²) in [5.74, 6) is -0.260. The van der Waals surface area contributed by atoms with Gasteiger partial charge in [-0.3, -0.25) is 4.79 Å². The average molecular weight is 400 g/mol. The van der Waals surface area contributed by atoms with Gasteiger partial charge in [0.1, 0.15) is 0 Å². The third-order valence-corrected chi connectivity index (χ3v) is 7.46. The quantitative estimate of drug-likeness (QED) is 0.858. The number of para-hydroxylation sites is 1. The zero-order valence-electron chi connectivity index (χ0n) is 16.1. The van der Waals surface area contributed by atoms with E-state index in [9.17, 15) is 13.2 Å². The minimum Gasteiger partial charge on any atom is -0.369 e. The number of hydrogen-bond donors (Lipinski definition) is 1. The summed E-state index contributed by atoms with van der Waals surface area (Å²) in [5.41, 5.74) is 2.61. The van der Waals surface area contributed by atoms with Crippen LogP contribution in [-0.4, -0.2) is 44.8 Å². The number of carbonyl (C=O) groups is 1. The highest BCUT2D eigenvalue weighted by molar-refractivity contribution is 7.89. The molecule has 2 aromatic carbocycles. The van der Waals surface area contributed by atoms with Crippen molar-refractivity contribution < 1.29 is 13.2 Å². The molecule has 1 atom stereocenters. The van der Waals surface area contributed by atoms with Gasteiger partial charge in [0.05, 0.1) is 10.8 Å². The molecule has 1 fully saturated rings. The first-order valence-electron chi connectivity index (χ1n) is 9.63. The van der Waals surface area contributed by atoms with E-state index in [1.807, 2.05) is 44.2 Å². The van der Waals surface area contributed by atoms with Crippen molar-refractivity contribution in [3.63, 3.8) is 0 Å². The number of nitrogens with zero attached hydrogens (tertiary/aromatic N) is 2. The van der Waals surface area contributed by atoms with Crippen molar-refractivity contribution in [3.8, 4) is 0 Å². The molecule has 1 unspecified atom stereocenters. The van der Waals surface area contributed by atoms with E-state index < -0.39 is 10.0 Å². The van der Waals surface area contributed by atoms with Crippen molar-refractivity contribution in [1.82, 2.24) is 4.31 Å². The normalized spacial score (nSPS) is 20.3. The summed E-state index contributed by atoms with van der Waals surface area (Å²) in [7, 11) is -3.59. The highest BCUT2D eigenvalue weighted by Gasteiger charge is 2.35. The maximum atomic E-state index is 13.2. The van der Waals surface area contributed by atoms with E-state index in [1.54, 1.807) is 22.5 Å². The number of piperazine rings is 1. The van der Waals surface area contributed by atoms with E-state index in [4.69, 9.17) is 0 Å². The van der Waals surface area contributed by atoms with Crippen LogP contribution in [0.1, 0.15) is 25.3 Å². The van der Waals surface area contributed by atoms with Crippen LogP contribution in [0.25, 0.3) is 0 Å². The Bertz CT molecular complexity index is 981. The van der Waals surface area contributed by atoms with Gasteiger partial charge in [-0.15, -0.1) is 0 Å². The van der Waals surface area contributed by atoms with Gasteiger partial charge in [0.2, 0.25) is 15.9 Å². The molecular formula is C21H25N3O3S. The van der Waals surface area contributed by atoms with E-state index in [2.05, 4.69) is 10.2 Å². The van der Waals surface area contributed by atoms with E-state index in [0.717, 1.165) is 16.9 Å². The molecule has 28 heavy (non-hydrogen) atoms. The molecule has 148 valence electrons. The van der Waals surface area contributed by atoms with Crippen molar-refractivity contribution >= 4 is 27.3 Å². The summed E-state index contributed by atoms with van der Waals surface area (Å²) in [6.07, 6.45) is 0. The van der Waals surface area contributed by atoms with Gasteiger partial charge in [0.15, 0.2) is 0 Å². The van der Waals surface area contributed by atoms with Crippen LogP contribution in [0.3, 0.4) is 0 Å². The first-order valence-corrected chi connectivity index (χ1v) is 11.1. The maximum Gasteiger partial charge on any atom is 0.243 e. The molecule has 2 heterocycles. The van der Waals surface area contributed by atoms with Gasteiger partial charge >= 0.3 is 0 Å². The van der Waals surface area contributed by atoms with Gasteiger partial charge in [0.25, 0.3) is 0 Å². The van der Waals surface area contributed by atoms with Gasteiger partial charge in [-0.25, -0.2) is 8.42 Å². The Morgan fingerprint density at radius 1 is 1.00 bits per heavy atom. The SMILES string of the molecule is CC(C)C1C(=O)Nc2ccc(S(=O)(=O)N3CCN(c4ccccc4)CC3)cc21. The minimum absolute atomic E-state index is 0.0592. The van der Waals surface area contributed by atoms with Gasteiger partial charge in [0, 0.05) is 37.6 Å². The van der Waals surface area contributed by atoms with E-state index in [1.165, 1.54) is 0 Å². The molecule has 2 aliphatic heterocycles. The summed E-state index contributed by atoms with van der Waals surface area (Å²) in [4.78, 5) is 14.7. The smallest absolute Gasteiger partial charge is 0.243 e. The fraction of sp³-hybridized carbons (Fsp3) is 0.381. The Hall–Kier alpha value is -2.38. The lowest BCUT2D eigenvalue weighted by molar-refractivity contribution is -0.117. The Labute approximate surface area is 166 Å². The molecule has 2 aliphatic rings. The Balaban J connectivity index is 1.55. The van der Waals surface area contributed by atoms with Crippen LogP contribution in [0.4, 0.5) is 11.4 Å². The predicted molar refractivity (Wildman–Crippen MR) is 110 cm³/mol. The van der Waals surface area contributed by atoms with Gasteiger partial charge in [-0.05, 0) is 41.8 Å². The fourth-order valence-electron chi connectivity index (χ4n) is 4.06. The molecule has 0 aliphatic carbocycles. The van der Waals surface area contributed by atoms with Crippen molar-refractivity contribution in [2.24, 2.45) is 5.92 Å². The second-order valence-electron chi connectivity index (χ2n) is 7.69. The second-order valence-corrected chi connectivity index (χ2v) is 9.62. The minimum atomic E-state index is -3.59. The highest BCUT2D eigenvalue weighted by atomic mass is 32.2. The summed E-state index contributed by atoms with van der Waals surface area (Å²) >= 11 is 0. The van der Waals surface area contributed by atoms with Gasteiger partial charge < -0.3 is 10.2 Å². The molecule has 4 rings (SSSR count). The molecule has 0 aromatic heterocycles. The number of hydrogen-bond acceptors (Lipinski definition) is 4. The van der Waals surface area contributed by atoms with E-state index >= 15 is 0 Å². The van der Waals surface area contributed by atoms with Crippen LogP contribution in [0.15, 0.2) is 53.4 Å². The molecule has 1 amide bonds. The van der Waals surface area contributed by atoms with Crippen LogP contribution in [0.2, 0.25) is 0 Å². The molecular weight excluding hydrogens is 374 g/mol. The Morgan fingerprint density at radius 2 is 1.68 bits per heavy atom. The van der Waals surface area contributed by atoms with Crippen LogP contribution in [0.5, 0.6) is 0 Å². The van der Waals surface area contributed by atoms with Crippen molar-refractivity contribution in [2.45, 2.75) is 24.7 Å². The number of benzene rings is 2. The molecule has 0 spiro atoms. The summed E-state index contributed by atoms with van der Waals surface area (Å²) in [6, 6.07) is 15.0. The van der Waals surface area contributed by atoms with Crippen LogP contribution in [0, 0.1) is 5.92 Å². The Kier molecular flexibility index (Phi) is 4.89. The summed E-state index contributed by atoms with van der Waals surface area (Å²) in [5, 5.41) is 2.86. The summed E-state index contributed by atoms with van der Waals surface area (Å²) < 4.78 is 27.9. The molecule has 1 saturated heterocycles. The predicted octanol–water partition coefficient (Wildman–Crippen LogP) is 2.89. The van der Waals surface area contributed by atoms with Gasteiger partial charge in [-0.1, -0.05) is 32.0 Å². The number of amides is 1. The van der Waals surface area contributed by atoms with Gasteiger partial charge in [-0.2, -0.15) is 4.31 Å². The lowest BCUT2D eigenvalue weighted by atomic mass is 9.90. The zero-order chi connectivity index (χ0) is 19.9. The lowest BCUT2D eigenvalue weighted by Gasteiger charge is -2.35. The zero-order valence-corrected chi connectivity index (χ0v) is 16.9. The fourth-order valence-corrected chi connectivity index (χ4v) is 5.52. The molecule has 2 aromatic rings. The standard InChI is InChI=1S/C21H25N3O3S/c1-15(2)20-18-14-17(8-9-19(18)22-21(20)25)28(26,27)24-12-10-23(11-13-24)16-6-4-3-5-7-16/h3-9,14-15,20H,10-13H2,1-2H3,(H,22,25). The summed E-state index contributed by atoms with van der Waals surface area (Å²) in [6.45, 7) is 6.15. The Morgan fingerprint density at radius 3 is 2.32 bits per heavy atom. The number of sulfonamides is 1. The van der Waals surface area contributed by atoms with Crippen LogP contribution < -0.4 is 10.2 Å². The topological polar surface area (TPSA) is 69.7 Å². The number of nitrogens with one attached hydrogen (secondary N) is 1. The molecule has 0 radical (unpaired) electrons. The van der Waals surface area contributed by atoms with Crippen molar-refractivity contribution in [1.29, 1.82) is 0 Å². The number of rotatable bonds is 4. The molecule has 0 saturated carbocycles. The maximum absolute atomic E-state index is 13.2. The molecule has 7 heteroatoms. The number of fused-ring (bicyclic) bond motifs is 1.